The molecule has 20 heavy (non-hydrogen) atoms. The summed E-state index contributed by atoms with van der Waals surface area (Å²) in [5, 5.41) is 8.16. The van der Waals surface area contributed by atoms with Gasteiger partial charge in [-0.15, -0.1) is 5.10 Å². The molecule has 0 aliphatic carbocycles. The number of amides is 1. The number of aromatic nitrogens is 3. The molecule has 0 atom stereocenters. The number of nitrogens with zero attached hydrogens (tertiary/aromatic N) is 4. The van der Waals surface area contributed by atoms with Crippen LogP contribution >= 0.6 is 0 Å². The number of rotatable bonds is 3. The van der Waals surface area contributed by atoms with Crippen molar-refractivity contribution in [2.24, 2.45) is 0 Å². The molecule has 1 amide bonds. The van der Waals surface area contributed by atoms with Gasteiger partial charge in [0.25, 0.3) is 5.91 Å². The maximum atomic E-state index is 12.3. The maximum absolute atomic E-state index is 12.3. The van der Waals surface area contributed by atoms with Crippen LogP contribution < -0.4 is 0 Å². The van der Waals surface area contributed by atoms with Crippen LogP contribution in [0.3, 0.4) is 0 Å². The lowest BCUT2D eigenvalue weighted by atomic mass is 10.2. The van der Waals surface area contributed by atoms with E-state index in [9.17, 15) is 4.79 Å². The van der Waals surface area contributed by atoms with Gasteiger partial charge < -0.3 is 4.90 Å². The highest BCUT2D eigenvalue weighted by molar-refractivity contribution is 5.93. The Morgan fingerprint density at radius 3 is 2.60 bits per heavy atom. The van der Waals surface area contributed by atoms with Crippen LogP contribution in [0.2, 0.25) is 0 Å². The van der Waals surface area contributed by atoms with E-state index in [1.807, 2.05) is 42.5 Å². The van der Waals surface area contributed by atoms with Gasteiger partial charge in [0.05, 0.1) is 5.52 Å². The van der Waals surface area contributed by atoms with Crippen LogP contribution in [0.15, 0.2) is 54.6 Å². The van der Waals surface area contributed by atoms with E-state index in [2.05, 4.69) is 10.3 Å². The van der Waals surface area contributed by atoms with Crippen molar-refractivity contribution in [1.29, 1.82) is 0 Å². The molecule has 1 aromatic heterocycles. The molecule has 5 heteroatoms. The summed E-state index contributed by atoms with van der Waals surface area (Å²) in [6.07, 6.45) is 0. The molecule has 0 spiro atoms. The summed E-state index contributed by atoms with van der Waals surface area (Å²) in [4.78, 5) is 13.9. The van der Waals surface area contributed by atoms with Gasteiger partial charge in [-0.05, 0) is 24.3 Å². The molecule has 0 N–H and O–H groups in total. The maximum Gasteiger partial charge on any atom is 0.255 e. The Labute approximate surface area is 116 Å². The predicted molar refractivity (Wildman–Crippen MR) is 76.1 cm³/mol. The highest BCUT2D eigenvalue weighted by Crippen LogP contribution is 2.11. The van der Waals surface area contributed by atoms with E-state index >= 15 is 0 Å². The first-order valence-corrected chi connectivity index (χ1v) is 6.34. The highest BCUT2D eigenvalue weighted by Gasteiger charge is 2.13. The first-order chi connectivity index (χ1) is 9.75. The normalized spacial score (nSPS) is 10.7. The van der Waals surface area contributed by atoms with Crippen molar-refractivity contribution in [3.8, 4) is 0 Å². The van der Waals surface area contributed by atoms with Crippen molar-refractivity contribution >= 4 is 16.9 Å². The zero-order valence-electron chi connectivity index (χ0n) is 11.1. The average Bonchev–Trinajstić information content (AvgIpc) is 2.91. The van der Waals surface area contributed by atoms with Crippen molar-refractivity contribution in [3.05, 3.63) is 60.2 Å². The molecule has 3 rings (SSSR count). The van der Waals surface area contributed by atoms with Crippen LogP contribution in [-0.2, 0) is 6.67 Å². The monoisotopic (exact) mass is 266 g/mol. The lowest BCUT2D eigenvalue weighted by Gasteiger charge is -2.17. The van der Waals surface area contributed by atoms with Gasteiger partial charge >= 0.3 is 0 Å². The Morgan fingerprint density at radius 1 is 1.10 bits per heavy atom. The van der Waals surface area contributed by atoms with Gasteiger partial charge in [-0.1, -0.05) is 35.5 Å². The summed E-state index contributed by atoms with van der Waals surface area (Å²) in [6.45, 7) is 0.369. The van der Waals surface area contributed by atoms with Crippen molar-refractivity contribution < 1.29 is 4.79 Å². The third-order valence-corrected chi connectivity index (χ3v) is 3.13. The topological polar surface area (TPSA) is 51.0 Å². The Kier molecular flexibility index (Phi) is 3.16. The van der Waals surface area contributed by atoms with Gasteiger partial charge in [0.1, 0.15) is 12.2 Å². The molecular weight excluding hydrogens is 252 g/mol. The van der Waals surface area contributed by atoms with Crippen molar-refractivity contribution in [3.63, 3.8) is 0 Å². The minimum atomic E-state index is -0.0369. The number of hydrogen-bond donors (Lipinski definition) is 0. The smallest absolute Gasteiger partial charge is 0.255 e. The van der Waals surface area contributed by atoms with Gasteiger partial charge in [0.15, 0.2) is 0 Å². The summed E-state index contributed by atoms with van der Waals surface area (Å²) in [7, 11) is 1.76. The van der Waals surface area contributed by atoms with E-state index in [4.69, 9.17) is 0 Å². The Bertz CT molecular complexity index is 736. The predicted octanol–water partition coefficient (Wildman–Crippen LogP) is 2.16. The highest BCUT2D eigenvalue weighted by atomic mass is 16.2. The molecule has 0 bridgehead atoms. The molecule has 100 valence electrons. The van der Waals surface area contributed by atoms with Crippen molar-refractivity contribution in [1.82, 2.24) is 19.9 Å². The first kappa shape index (κ1) is 12.3. The Hall–Kier alpha value is -2.69. The molecule has 0 fully saturated rings. The summed E-state index contributed by atoms with van der Waals surface area (Å²) < 4.78 is 1.72. The third kappa shape index (κ3) is 2.25. The van der Waals surface area contributed by atoms with Crippen LogP contribution in [-0.4, -0.2) is 32.8 Å². The van der Waals surface area contributed by atoms with E-state index in [1.165, 1.54) is 0 Å². The fourth-order valence-electron chi connectivity index (χ4n) is 2.09. The molecule has 3 aromatic rings. The van der Waals surface area contributed by atoms with Gasteiger partial charge in [-0.2, -0.15) is 0 Å². The number of benzene rings is 2. The van der Waals surface area contributed by atoms with Crippen LogP contribution in [0.5, 0.6) is 0 Å². The SMILES string of the molecule is CN(Cn1nnc2ccccc21)C(=O)c1ccccc1. The number of para-hydroxylation sites is 1. The Balaban J connectivity index is 1.82. The van der Waals surface area contributed by atoms with Crippen LogP contribution in [0.4, 0.5) is 0 Å². The van der Waals surface area contributed by atoms with E-state index in [0.29, 0.717) is 12.2 Å². The molecular formula is C15H14N4O. The zero-order valence-corrected chi connectivity index (χ0v) is 11.1. The van der Waals surface area contributed by atoms with E-state index in [-0.39, 0.29) is 5.91 Å². The zero-order chi connectivity index (χ0) is 13.9. The Morgan fingerprint density at radius 2 is 1.80 bits per heavy atom. The molecule has 2 aromatic carbocycles. The molecule has 0 radical (unpaired) electrons. The second-order valence-electron chi connectivity index (χ2n) is 4.59. The van der Waals surface area contributed by atoms with Crippen LogP contribution in [0.25, 0.3) is 11.0 Å². The third-order valence-electron chi connectivity index (χ3n) is 3.13. The molecule has 5 nitrogen and oxygen atoms in total. The van der Waals surface area contributed by atoms with Gasteiger partial charge in [0.2, 0.25) is 0 Å². The molecule has 0 aliphatic heterocycles. The van der Waals surface area contributed by atoms with E-state index < -0.39 is 0 Å². The van der Waals surface area contributed by atoms with Crippen molar-refractivity contribution in [2.45, 2.75) is 6.67 Å². The lowest BCUT2D eigenvalue weighted by molar-refractivity contribution is 0.0746. The van der Waals surface area contributed by atoms with Gasteiger partial charge in [-0.25, -0.2) is 4.68 Å². The lowest BCUT2D eigenvalue weighted by Crippen LogP contribution is -2.29. The second-order valence-corrected chi connectivity index (χ2v) is 4.59. The second kappa shape index (κ2) is 5.13. The fraction of sp³-hybridized carbons (Fsp3) is 0.133. The molecule has 0 saturated heterocycles. The standard InChI is InChI=1S/C15H14N4O/c1-18(15(20)12-7-3-2-4-8-12)11-19-14-10-6-5-9-13(14)16-17-19/h2-10H,11H2,1H3. The van der Waals surface area contributed by atoms with E-state index in [0.717, 1.165) is 11.0 Å². The molecule has 0 unspecified atom stereocenters. The number of carbonyl (C=O) groups is 1. The number of fused-ring (bicyclic) bond motifs is 1. The summed E-state index contributed by atoms with van der Waals surface area (Å²) >= 11 is 0. The first-order valence-electron chi connectivity index (χ1n) is 6.34. The molecule has 1 heterocycles. The summed E-state index contributed by atoms with van der Waals surface area (Å²) in [6, 6.07) is 16.9. The quantitative estimate of drug-likeness (QED) is 0.730. The van der Waals surface area contributed by atoms with Crippen LogP contribution in [0, 0.1) is 0 Å². The molecule has 0 saturated carbocycles. The van der Waals surface area contributed by atoms with Crippen molar-refractivity contribution in [2.75, 3.05) is 7.05 Å². The fourth-order valence-corrected chi connectivity index (χ4v) is 2.09. The summed E-state index contributed by atoms with van der Waals surface area (Å²) in [5.41, 5.74) is 2.41. The number of carbonyl (C=O) groups excluding carboxylic acids is 1. The van der Waals surface area contributed by atoms with Gasteiger partial charge in [0, 0.05) is 12.6 Å². The molecule has 0 aliphatic rings. The summed E-state index contributed by atoms with van der Waals surface area (Å²) in [5.74, 6) is -0.0369. The average molecular weight is 266 g/mol. The number of hydrogen-bond acceptors (Lipinski definition) is 3. The largest absolute Gasteiger partial charge is 0.322 e. The minimum Gasteiger partial charge on any atom is -0.322 e. The minimum absolute atomic E-state index is 0.0369. The van der Waals surface area contributed by atoms with Gasteiger partial charge in [-0.3, -0.25) is 4.79 Å². The van der Waals surface area contributed by atoms with Crippen LogP contribution in [0.1, 0.15) is 10.4 Å². The van der Waals surface area contributed by atoms with E-state index in [1.54, 1.807) is 28.8 Å².